The van der Waals surface area contributed by atoms with E-state index in [4.69, 9.17) is 4.74 Å². The highest BCUT2D eigenvalue weighted by Gasteiger charge is 2.30. The number of hydrogen-bond acceptors (Lipinski definition) is 4. The molecule has 3 aromatic rings. The summed E-state index contributed by atoms with van der Waals surface area (Å²) >= 11 is 0. The monoisotopic (exact) mass is 486 g/mol. The molecule has 1 heterocycles. The fourth-order valence-corrected chi connectivity index (χ4v) is 4.98. The number of esters is 1. The first-order valence-electron chi connectivity index (χ1n) is 12.8. The molecule has 1 aliphatic heterocycles. The summed E-state index contributed by atoms with van der Waals surface area (Å²) < 4.78 is 5.17. The second-order valence-electron chi connectivity index (χ2n) is 9.29. The molecule has 6 nitrogen and oxygen atoms in total. The van der Waals surface area contributed by atoms with Crippen molar-refractivity contribution in [1.29, 1.82) is 0 Å². The van der Waals surface area contributed by atoms with Gasteiger partial charge in [0.2, 0.25) is 5.91 Å². The van der Waals surface area contributed by atoms with Crippen molar-refractivity contribution < 1.29 is 19.1 Å². The van der Waals surface area contributed by atoms with Gasteiger partial charge >= 0.3 is 5.97 Å². The minimum Gasteiger partial charge on any atom is -0.466 e. The van der Waals surface area contributed by atoms with Gasteiger partial charge in [0.25, 0.3) is 5.91 Å². The van der Waals surface area contributed by atoms with Crippen molar-refractivity contribution in [3.05, 3.63) is 83.9 Å². The Labute approximate surface area is 212 Å². The second-order valence-corrected chi connectivity index (χ2v) is 9.29. The third kappa shape index (κ3) is 5.76. The van der Waals surface area contributed by atoms with E-state index in [-0.39, 0.29) is 42.7 Å². The predicted molar refractivity (Wildman–Crippen MR) is 140 cm³/mol. The van der Waals surface area contributed by atoms with Gasteiger partial charge in [0.05, 0.1) is 18.6 Å². The van der Waals surface area contributed by atoms with E-state index in [1.54, 1.807) is 16.7 Å². The average Bonchev–Trinajstić information content (AvgIpc) is 2.93. The van der Waals surface area contributed by atoms with E-state index >= 15 is 0 Å². The van der Waals surface area contributed by atoms with E-state index in [1.807, 2.05) is 79.7 Å². The quantitative estimate of drug-likeness (QED) is 0.409. The minimum absolute atomic E-state index is 0.0417. The van der Waals surface area contributed by atoms with Crippen molar-refractivity contribution in [2.45, 2.75) is 39.2 Å². The van der Waals surface area contributed by atoms with Crippen LogP contribution in [0.3, 0.4) is 0 Å². The van der Waals surface area contributed by atoms with Gasteiger partial charge in [0, 0.05) is 31.6 Å². The molecule has 1 saturated heterocycles. The summed E-state index contributed by atoms with van der Waals surface area (Å²) in [6.45, 7) is 5.42. The number of likely N-dealkylation sites (tertiary alicyclic amines) is 1. The number of piperidine rings is 1. The van der Waals surface area contributed by atoms with Gasteiger partial charge in [-0.1, -0.05) is 66.7 Å². The molecule has 1 fully saturated rings. The first-order chi connectivity index (χ1) is 17.5. The predicted octanol–water partition coefficient (Wildman–Crippen LogP) is 5.24. The molecule has 2 unspecified atom stereocenters. The lowest BCUT2D eigenvalue weighted by Crippen LogP contribution is -2.44. The summed E-state index contributed by atoms with van der Waals surface area (Å²) in [5.74, 6) is -0.654. The number of ether oxygens (including phenoxy) is 1. The third-order valence-corrected chi connectivity index (χ3v) is 6.99. The van der Waals surface area contributed by atoms with Crippen LogP contribution in [-0.2, 0) is 14.3 Å². The van der Waals surface area contributed by atoms with Gasteiger partial charge in [-0.05, 0) is 49.1 Å². The van der Waals surface area contributed by atoms with Crippen molar-refractivity contribution in [2.24, 2.45) is 5.92 Å². The maximum atomic E-state index is 13.9. The highest BCUT2D eigenvalue weighted by atomic mass is 16.5. The second kappa shape index (κ2) is 11.8. The summed E-state index contributed by atoms with van der Waals surface area (Å²) in [5, 5.41) is 1.90. The van der Waals surface area contributed by atoms with Gasteiger partial charge in [-0.3, -0.25) is 14.4 Å². The summed E-state index contributed by atoms with van der Waals surface area (Å²) in [5.41, 5.74) is 1.64. The number of benzene rings is 3. The van der Waals surface area contributed by atoms with Crippen LogP contribution in [0.4, 0.5) is 0 Å². The highest BCUT2D eigenvalue weighted by Crippen LogP contribution is 2.27. The van der Waals surface area contributed by atoms with Gasteiger partial charge in [-0.2, -0.15) is 0 Å². The number of fused-ring (bicyclic) bond motifs is 1. The molecule has 0 aliphatic carbocycles. The van der Waals surface area contributed by atoms with Crippen LogP contribution < -0.4 is 0 Å². The molecule has 4 rings (SSSR count). The summed E-state index contributed by atoms with van der Waals surface area (Å²) in [6, 6.07) is 23.3. The fourth-order valence-electron chi connectivity index (χ4n) is 4.98. The van der Waals surface area contributed by atoms with Crippen molar-refractivity contribution in [2.75, 3.05) is 26.2 Å². The Morgan fingerprint density at radius 1 is 1.00 bits per heavy atom. The first kappa shape index (κ1) is 25.4. The zero-order valence-electron chi connectivity index (χ0n) is 21.1. The molecule has 188 valence electrons. The van der Waals surface area contributed by atoms with Gasteiger partial charge in [0.1, 0.15) is 0 Å². The van der Waals surface area contributed by atoms with E-state index in [0.29, 0.717) is 25.3 Å². The summed E-state index contributed by atoms with van der Waals surface area (Å²) in [6.07, 6.45) is 1.71. The Hall–Kier alpha value is -3.67. The van der Waals surface area contributed by atoms with Crippen LogP contribution in [0.5, 0.6) is 0 Å². The number of carbonyl (C=O) groups excluding carboxylic acids is 3. The Balaban J connectivity index is 1.54. The van der Waals surface area contributed by atoms with Crippen LogP contribution in [0.2, 0.25) is 0 Å². The Morgan fingerprint density at radius 3 is 2.50 bits per heavy atom. The van der Waals surface area contributed by atoms with Crippen LogP contribution in [0, 0.1) is 5.92 Å². The smallest absolute Gasteiger partial charge is 0.310 e. The fraction of sp³-hybridized carbons (Fsp3) is 0.367. The zero-order valence-corrected chi connectivity index (χ0v) is 21.1. The van der Waals surface area contributed by atoms with Crippen LogP contribution in [0.1, 0.15) is 55.1 Å². The number of nitrogens with zero attached hydrogens (tertiary/aromatic N) is 2. The number of rotatable bonds is 8. The maximum Gasteiger partial charge on any atom is 0.310 e. The number of hydrogen-bond donors (Lipinski definition) is 0. The van der Waals surface area contributed by atoms with Crippen molar-refractivity contribution >= 4 is 28.6 Å². The highest BCUT2D eigenvalue weighted by molar-refractivity contribution is 6.07. The molecule has 1 aliphatic rings. The van der Waals surface area contributed by atoms with Crippen LogP contribution in [0.15, 0.2) is 72.8 Å². The molecule has 0 aromatic heterocycles. The largest absolute Gasteiger partial charge is 0.466 e. The van der Waals surface area contributed by atoms with Crippen LogP contribution in [-0.4, -0.2) is 53.8 Å². The lowest BCUT2D eigenvalue weighted by Gasteiger charge is -2.34. The van der Waals surface area contributed by atoms with Crippen LogP contribution >= 0.6 is 0 Å². The van der Waals surface area contributed by atoms with E-state index in [0.717, 1.165) is 29.2 Å². The topological polar surface area (TPSA) is 66.9 Å². The third-order valence-electron chi connectivity index (χ3n) is 6.99. The molecule has 0 saturated carbocycles. The standard InChI is InChI=1S/C30H34N2O4/c1-3-36-30(35)25-15-10-19-31(21-25)28(33)18-20-32(22(2)23-11-5-4-6-12-23)29(34)27-17-9-14-24-13-7-8-16-26(24)27/h4-9,11-14,16-17,22,25H,3,10,15,18-21H2,1-2H3. The van der Waals surface area contributed by atoms with Crippen molar-refractivity contribution in [1.82, 2.24) is 9.80 Å². The van der Waals surface area contributed by atoms with Gasteiger partial charge in [0.15, 0.2) is 0 Å². The molecule has 0 radical (unpaired) electrons. The number of amides is 2. The zero-order chi connectivity index (χ0) is 25.5. The molecule has 6 heteroatoms. The van der Waals surface area contributed by atoms with E-state index in [1.165, 1.54) is 0 Å². The molecule has 0 bridgehead atoms. The van der Waals surface area contributed by atoms with Crippen molar-refractivity contribution in [3.63, 3.8) is 0 Å². The number of carbonyl (C=O) groups is 3. The lowest BCUT2D eigenvalue weighted by atomic mass is 9.97. The van der Waals surface area contributed by atoms with E-state index < -0.39 is 0 Å². The van der Waals surface area contributed by atoms with E-state index in [9.17, 15) is 14.4 Å². The van der Waals surface area contributed by atoms with E-state index in [2.05, 4.69) is 0 Å². The first-order valence-corrected chi connectivity index (χ1v) is 12.8. The molecule has 2 atom stereocenters. The van der Waals surface area contributed by atoms with Crippen molar-refractivity contribution in [3.8, 4) is 0 Å². The lowest BCUT2D eigenvalue weighted by molar-refractivity contribution is -0.151. The van der Waals surface area contributed by atoms with Gasteiger partial charge in [-0.25, -0.2) is 0 Å². The summed E-state index contributed by atoms with van der Waals surface area (Å²) in [7, 11) is 0. The Morgan fingerprint density at radius 2 is 1.72 bits per heavy atom. The molecule has 0 spiro atoms. The molecular weight excluding hydrogens is 452 g/mol. The maximum absolute atomic E-state index is 13.9. The SMILES string of the molecule is CCOC(=O)C1CCCN(C(=O)CCN(C(=O)c2cccc3ccccc23)C(C)c2ccccc2)C1. The summed E-state index contributed by atoms with van der Waals surface area (Å²) in [4.78, 5) is 42.9. The van der Waals surface area contributed by atoms with Gasteiger partial charge in [-0.15, -0.1) is 0 Å². The Kier molecular flexibility index (Phi) is 8.36. The molecule has 0 N–H and O–H groups in total. The molecular formula is C30H34N2O4. The normalized spacial score (nSPS) is 16.4. The van der Waals surface area contributed by atoms with Crippen LogP contribution in [0.25, 0.3) is 10.8 Å². The molecule has 36 heavy (non-hydrogen) atoms. The Bertz CT molecular complexity index is 1200. The van der Waals surface area contributed by atoms with Gasteiger partial charge < -0.3 is 14.5 Å². The average molecular weight is 487 g/mol. The molecule has 2 amide bonds. The minimum atomic E-state index is -0.278. The molecule has 3 aromatic carbocycles.